The summed E-state index contributed by atoms with van der Waals surface area (Å²) in [7, 11) is 0. The van der Waals surface area contributed by atoms with Crippen molar-refractivity contribution in [3.05, 3.63) is 29.1 Å². The fourth-order valence-electron chi connectivity index (χ4n) is 1.16. The fraction of sp³-hybridized carbons (Fsp3) is 0.200. The summed E-state index contributed by atoms with van der Waals surface area (Å²) in [5, 5.41) is 10.0. The van der Waals surface area contributed by atoms with E-state index in [0.29, 0.717) is 0 Å². The number of aliphatic imine (C=N–C) groups is 1. The molecule has 0 unspecified atom stereocenters. The van der Waals surface area contributed by atoms with Crippen molar-refractivity contribution < 1.29 is 26.3 Å². The van der Waals surface area contributed by atoms with Crippen LogP contribution in [0.4, 0.5) is 32.0 Å². The zero-order valence-corrected chi connectivity index (χ0v) is 10.5. The number of thioether (sulfide) groups is 1. The van der Waals surface area contributed by atoms with Gasteiger partial charge in [0.2, 0.25) is 0 Å². The molecule has 0 heterocycles. The molecule has 1 aromatic rings. The number of nitriles is 1. The Labute approximate surface area is 113 Å². The van der Waals surface area contributed by atoms with E-state index in [2.05, 4.69) is 4.99 Å². The van der Waals surface area contributed by atoms with Crippen LogP contribution in [-0.4, -0.2) is 11.4 Å². The van der Waals surface area contributed by atoms with Gasteiger partial charge in [-0.2, -0.15) is 18.4 Å². The first-order valence-corrected chi connectivity index (χ1v) is 5.97. The van der Waals surface area contributed by atoms with Gasteiger partial charge in [0, 0.05) is 0 Å². The van der Waals surface area contributed by atoms with Gasteiger partial charge in [0.25, 0.3) is 0 Å². The van der Waals surface area contributed by atoms with Crippen LogP contribution in [-0.2, 0) is 6.18 Å². The summed E-state index contributed by atoms with van der Waals surface area (Å²) in [4.78, 5) is 3.31. The minimum Gasteiger partial charge on any atom is -0.271 e. The highest BCUT2D eigenvalue weighted by molar-refractivity contribution is 8.13. The van der Waals surface area contributed by atoms with Gasteiger partial charge in [0.15, 0.2) is 28.8 Å². The van der Waals surface area contributed by atoms with Crippen LogP contribution in [0.3, 0.4) is 0 Å². The lowest BCUT2D eigenvalue weighted by molar-refractivity contribution is -0.140. The van der Waals surface area contributed by atoms with Gasteiger partial charge >= 0.3 is 6.18 Å². The third kappa shape index (κ3) is 3.36. The molecule has 0 saturated heterocycles. The van der Waals surface area contributed by atoms with E-state index in [-0.39, 0.29) is 11.2 Å². The maximum atomic E-state index is 13.4. The average Bonchev–Trinajstić information content (AvgIpc) is 2.37. The zero-order chi connectivity index (χ0) is 15.5. The third-order valence-corrected chi connectivity index (χ3v) is 2.59. The molecule has 1 N–H and O–H groups in total. The molecule has 1 aromatic carbocycles. The molecule has 3 nitrogen and oxygen atoms in total. The van der Waals surface area contributed by atoms with E-state index >= 15 is 0 Å². The lowest BCUT2D eigenvalue weighted by Crippen LogP contribution is -2.14. The number of nitrogens with one attached hydrogen (secondary N) is 1. The number of amidine groups is 1. The van der Waals surface area contributed by atoms with Crippen LogP contribution < -0.4 is 5.32 Å². The van der Waals surface area contributed by atoms with E-state index in [4.69, 9.17) is 5.26 Å². The average molecular weight is 313 g/mol. The molecule has 0 bridgehead atoms. The van der Waals surface area contributed by atoms with E-state index in [0.717, 1.165) is 11.8 Å². The summed E-state index contributed by atoms with van der Waals surface area (Å²) in [6.45, 7) is 0. The number of hydrogen-bond acceptors (Lipinski definition) is 3. The van der Waals surface area contributed by atoms with Crippen LogP contribution in [0.2, 0.25) is 0 Å². The van der Waals surface area contributed by atoms with E-state index in [1.54, 1.807) is 0 Å². The Balaban J connectivity index is 3.50. The second-order valence-corrected chi connectivity index (χ2v) is 4.04. The van der Waals surface area contributed by atoms with Gasteiger partial charge in [0.1, 0.15) is 5.69 Å². The molecule has 0 amide bonds. The second-order valence-electron chi connectivity index (χ2n) is 3.24. The lowest BCUT2D eigenvalue weighted by atomic mass is 10.1. The molecule has 0 fully saturated rings. The molecule has 20 heavy (non-hydrogen) atoms. The molecule has 0 spiro atoms. The molecular formula is C10H5F6N3S. The molecule has 0 saturated carbocycles. The predicted molar refractivity (Wildman–Crippen MR) is 60.7 cm³/mol. The van der Waals surface area contributed by atoms with Gasteiger partial charge in [-0.05, 0) is 12.3 Å². The molecule has 0 atom stereocenters. The Morgan fingerprint density at radius 2 is 1.85 bits per heavy atom. The van der Waals surface area contributed by atoms with E-state index in [1.807, 2.05) is 5.32 Å². The predicted octanol–water partition coefficient (Wildman–Crippen LogP) is 3.54. The Morgan fingerprint density at radius 3 is 2.30 bits per heavy atom. The lowest BCUT2D eigenvalue weighted by Gasteiger charge is -2.10. The fourth-order valence-corrected chi connectivity index (χ4v) is 1.50. The van der Waals surface area contributed by atoms with Gasteiger partial charge in [-0.1, -0.05) is 11.8 Å². The number of alkyl halides is 3. The van der Waals surface area contributed by atoms with Gasteiger partial charge in [-0.25, -0.2) is 18.2 Å². The van der Waals surface area contributed by atoms with Gasteiger partial charge in [-0.3, -0.25) is 5.32 Å². The smallest absolute Gasteiger partial charge is 0.271 e. The molecule has 10 heteroatoms. The zero-order valence-electron chi connectivity index (χ0n) is 9.65. The van der Waals surface area contributed by atoms with Crippen LogP contribution in [0, 0.1) is 28.9 Å². The first-order valence-electron chi connectivity index (χ1n) is 4.74. The standard InChI is InChI=1S/C10H5F6N3S/c1-20-9(18-3-17)19-5-2-4(10(14,15)16)6(11)8(13)7(5)12/h2H,1H3,(H,18,19). The first-order chi connectivity index (χ1) is 9.22. The third-order valence-electron chi connectivity index (χ3n) is 2.01. The summed E-state index contributed by atoms with van der Waals surface area (Å²) >= 11 is 0.774. The van der Waals surface area contributed by atoms with Crippen LogP contribution in [0.25, 0.3) is 0 Å². The maximum absolute atomic E-state index is 13.4. The van der Waals surface area contributed by atoms with Crippen molar-refractivity contribution in [3.63, 3.8) is 0 Å². The van der Waals surface area contributed by atoms with E-state index in [1.165, 1.54) is 12.4 Å². The number of rotatable bonds is 1. The van der Waals surface area contributed by atoms with Crippen molar-refractivity contribution in [2.24, 2.45) is 4.99 Å². The minimum absolute atomic E-state index is 0.0308. The summed E-state index contributed by atoms with van der Waals surface area (Å²) in [6, 6.07) is 0.0308. The highest BCUT2D eigenvalue weighted by atomic mass is 32.2. The second kappa shape index (κ2) is 6.04. The Kier molecular flexibility index (Phi) is 4.88. The van der Waals surface area contributed by atoms with Crippen molar-refractivity contribution in [2.75, 3.05) is 6.26 Å². The van der Waals surface area contributed by atoms with Gasteiger partial charge in [-0.15, -0.1) is 0 Å². The van der Waals surface area contributed by atoms with Crippen LogP contribution in [0.5, 0.6) is 0 Å². The highest BCUT2D eigenvalue weighted by Crippen LogP contribution is 2.36. The van der Waals surface area contributed by atoms with Crippen molar-refractivity contribution in [2.45, 2.75) is 6.18 Å². The van der Waals surface area contributed by atoms with Crippen molar-refractivity contribution in [3.8, 4) is 6.19 Å². The van der Waals surface area contributed by atoms with Crippen molar-refractivity contribution in [1.29, 1.82) is 5.26 Å². The topological polar surface area (TPSA) is 48.2 Å². The van der Waals surface area contributed by atoms with E-state index < -0.39 is 34.9 Å². The van der Waals surface area contributed by atoms with Crippen LogP contribution >= 0.6 is 11.8 Å². The number of hydrogen-bond donors (Lipinski definition) is 1. The van der Waals surface area contributed by atoms with Gasteiger partial charge < -0.3 is 0 Å². The Bertz CT molecular complexity index is 590. The molecule has 0 aliphatic carbocycles. The number of benzene rings is 1. The summed E-state index contributed by atoms with van der Waals surface area (Å²) in [5.41, 5.74) is -3.05. The molecule has 0 aliphatic rings. The minimum atomic E-state index is -5.20. The van der Waals surface area contributed by atoms with Crippen molar-refractivity contribution in [1.82, 2.24) is 5.32 Å². The highest BCUT2D eigenvalue weighted by Gasteiger charge is 2.37. The summed E-state index contributed by atoms with van der Waals surface area (Å²) in [5.74, 6) is -6.49. The summed E-state index contributed by atoms with van der Waals surface area (Å²) < 4.78 is 76.9. The molecular weight excluding hydrogens is 308 g/mol. The normalized spacial score (nSPS) is 12.2. The van der Waals surface area contributed by atoms with Crippen LogP contribution in [0.15, 0.2) is 11.1 Å². The molecule has 0 aliphatic heterocycles. The maximum Gasteiger partial charge on any atom is 0.419 e. The SMILES string of the molecule is CSC(=Nc1cc(C(F)(F)F)c(F)c(F)c1F)NC#N. The van der Waals surface area contributed by atoms with Crippen molar-refractivity contribution >= 4 is 22.6 Å². The first kappa shape index (κ1) is 16.2. The number of halogens is 6. The summed E-state index contributed by atoms with van der Waals surface area (Å²) in [6.07, 6.45) is -2.39. The Morgan fingerprint density at radius 1 is 1.25 bits per heavy atom. The molecule has 108 valence electrons. The quantitative estimate of drug-likeness (QED) is 0.215. The molecule has 0 aromatic heterocycles. The molecule has 1 rings (SSSR count). The molecule has 0 radical (unpaired) electrons. The van der Waals surface area contributed by atoms with Gasteiger partial charge in [0.05, 0.1) is 5.56 Å². The largest absolute Gasteiger partial charge is 0.419 e. The van der Waals surface area contributed by atoms with E-state index in [9.17, 15) is 26.3 Å². The Hall–Kier alpha value is -1.89. The monoisotopic (exact) mass is 313 g/mol. The number of nitrogens with zero attached hydrogens (tertiary/aromatic N) is 2. The van der Waals surface area contributed by atoms with Crippen LogP contribution in [0.1, 0.15) is 5.56 Å².